The quantitative estimate of drug-likeness (QED) is 0.546. The van der Waals surface area contributed by atoms with E-state index in [-0.39, 0.29) is 18.9 Å². The summed E-state index contributed by atoms with van der Waals surface area (Å²) in [4.78, 5) is 13.4. The molecule has 0 radical (unpaired) electrons. The van der Waals surface area contributed by atoms with E-state index in [4.69, 9.17) is 11.6 Å². The maximum absolute atomic E-state index is 11.8. The molecule has 1 saturated heterocycles. The molecule has 1 rings (SSSR count). The number of hydrogen-bond acceptors (Lipinski definition) is 2. The first-order valence-electron chi connectivity index (χ1n) is 5.83. The fraction of sp³-hybridized carbons (Fsp3) is 0.909. The van der Waals surface area contributed by atoms with Crippen LogP contribution in [-0.4, -0.2) is 49.4 Å². The number of ether oxygens (including phenoxy) is 1. The van der Waals surface area contributed by atoms with Crippen LogP contribution >= 0.6 is 11.6 Å². The van der Waals surface area contributed by atoms with Crippen LogP contribution in [-0.2, 0) is 9.53 Å². The molecule has 0 aromatic heterocycles. The van der Waals surface area contributed by atoms with Crippen LogP contribution < -0.4 is 0 Å². The Morgan fingerprint density at radius 2 is 2.06 bits per heavy atom. The van der Waals surface area contributed by atoms with Crippen LogP contribution in [0.3, 0.4) is 0 Å². The average molecular weight is 270 g/mol. The summed E-state index contributed by atoms with van der Waals surface area (Å²) in [5, 5.41) is 0. The molecule has 1 aliphatic heterocycles. The van der Waals surface area contributed by atoms with Crippen molar-refractivity contribution in [2.24, 2.45) is 5.92 Å². The number of piperidine rings is 1. The van der Waals surface area contributed by atoms with Gasteiger partial charge in [0.1, 0.15) is 6.61 Å². The number of amides is 1. The van der Waals surface area contributed by atoms with Crippen molar-refractivity contribution in [2.45, 2.75) is 25.7 Å². The van der Waals surface area contributed by atoms with Crippen LogP contribution in [0.4, 0.5) is 8.78 Å². The monoisotopic (exact) mass is 269 g/mol. The van der Waals surface area contributed by atoms with E-state index in [0.29, 0.717) is 24.9 Å². The van der Waals surface area contributed by atoms with E-state index in [9.17, 15) is 13.6 Å². The van der Waals surface area contributed by atoms with Crippen LogP contribution in [0.25, 0.3) is 0 Å². The average Bonchev–Trinajstić information content (AvgIpc) is 2.34. The molecule has 0 aromatic carbocycles. The number of rotatable bonds is 6. The van der Waals surface area contributed by atoms with Gasteiger partial charge in [0.2, 0.25) is 5.91 Å². The van der Waals surface area contributed by atoms with Crippen molar-refractivity contribution in [3.8, 4) is 0 Å². The van der Waals surface area contributed by atoms with E-state index in [0.717, 1.165) is 12.8 Å². The highest BCUT2D eigenvalue weighted by atomic mass is 35.5. The molecule has 0 aromatic rings. The fourth-order valence-corrected chi connectivity index (χ4v) is 2.14. The molecular formula is C11H18ClF2NO2. The molecule has 0 N–H and O–H groups in total. The Balaban J connectivity index is 2.12. The lowest BCUT2D eigenvalue weighted by Crippen LogP contribution is -2.39. The molecule has 0 spiro atoms. The minimum Gasteiger partial charge on any atom is -0.375 e. The van der Waals surface area contributed by atoms with Crippen LogP contribution in [0.15, 0.2) is 0 Å². The number of likely N-dealkylation sites (tertiary alicyclic amines) is 1. The van der Waals surface area contributed by atoms with Gasteiger partial charge in [-0.2, -0.15) is 0 Å². The summed E-state index contributed by atoms with van der Waals surface area (Å²) in [6, 6.07) is 0. The normalized spacial score (nSPS) is 17.8. The van der Waals surface area contributed by atoms with Crippen LogP contribution in [0, 0.1) is 5.92 Å². The van der Waals surface area contributed by atoms with E-state index in [1.54, 1.807) is 4.90 Å². The highest BCUT2D eigenvalue weighted by Gasteiger charge is 2.21. The van der Waals surface area contributed by atoms with E-state index in [2.05, 4.69) is 4.74 Å². The zero-order chi connectivity index (χ0) is 12.7. The third-order valence-electron chi connectivity index (χ3n) is 2.89. The molecule has 1 amide bonds. The Bertz CT molecular complexity index is 234. The number of nitrogens with zero attached hydrogens (tertiary/aromatic N) is 1. The lowest BCUT2D eigenvalue weighted by Gasteiger charge is -2.31. The lowest BCUT2D eigenvalue weighted by atomic mass is 9.99. The topological polar surface area (TPSA) is 29.5 Å². The third-order valence-corrected chi connectivity index (χ3v) is 3.33. The van der Waals surface area contributed by atoms with Gasteiger partial charge in [0.25, 0.3) is 6.43 Å². The molecule has 17 heavy (non-hydrogen) atoms. The van der Waals surface area contributed by atoms with Gasteiger partial charge in [-0.1, -0.05) is 0 Å². The predicted molar refractivity (Wildman–Crippen MR) is 61.5 cm³/mol. The van der Waals surface area contributed by atoms with Gasteiger partial charge in [0.15, 0.2) is 0 Å². The van der Waals surface area contributed by atoms with Crippen LogP contribution in [0.5, 0.6) is 0 Å². The standard InChI is InChI=1S/C11H18ClF2NO2/c12-7-9-1-4-15(5-2-9)11(16)3-6-17-8-10(13)14/h9-10H,1-8H2. The van der Waals surface area contributed by atoms with Crippen molar-refractivity contribution >= 4 is 17.5 Å². The lowest BCUT2D eigenvalue weighted by molar-refractivity contribution is -0.134. The summed E-state index contributed by atoms with van der Waals surface area (Å²) in [5.41, 5.74) is 0. The molecule has 6 heteroatoms. The molecule has 0 unspecified atom stereocenters. The number of carbonyl (C=O) groups is 1. The van der Waals surface area contributed by atoms with Crippen molar-refractivity contribution in [2.75, 3.05) is 32.2 Å². The minimum atomic E-state index is -2.47. The van der Waals surface area contributed by atoms with Gasteiger partial charge in [-0.25, -0.2) is 8.78 Å². The van der Waals surface area contributed by atoms with E-state index in [1.807, 2.05) is 0 Å². The number of carbonyl (C=O) groups excluding carboxylic acids is 1. The third kappa shape index (κ3) is 5.64. The Morgan fingerprint density at radius 3 is 2.59 bits per heavy atom. The van der Waals surface area contributed by atoms with Gasteiger partial charge < -0.3 is 9.64 Å². The highest BCUT2D eigenvalue weighted by molar-refractivity contribution is 6.18. The summed E-state index contributed by atoms with van der Waals surface area (Å²) in [7, 11) is 0. The molecule has 0 atom stereocenters. The van der Waals surface area contributed by atoms with E-state index in [1.165, 1.54) is 0 Å². The fourth-order valence-electron chi connectivity index (χ4n) is 1.83. The maximum atomic E-state index is 11.8. The molecule has 3 nitrogen and oxygen atoms in total. The van der Waals surface area contributed by atoms with Crippen molar-refractivity contribution in [3.63, 3.8) is 0 Å². The first kappa shape index (κ1) is 14.6. The van der Waals surface area contributed by atoms with E-state index >= 15 is 0 Å². The van der Waals surface area contributed by atoms with Gasteiger partial charge in [-0.15, -0.1) is 11.6 Å². The Kier molecular flexibility index (Phi) is 6.73. The zero-order valence-electron chi connectivity index (χ0n) is 9.71. The van der Waals surface area contributed by atoms with Gasteiger partial charge in [0.05, 0.1) is 13.0 Å². The molecule has 1 heterocycles. The minimum absolute atomic E-state index is 0.0210. The Morgan fingerprint density at radius 1 is 1.41 bits per heavy atom. The van der Waals surface area contributed by atoms with Gasteiger partial charge >= 0.3 is 0 Å². The second-order valence-corrected chi connectivity index (χ2v) is 4.50. The van der Waals surface area contributed by atoms with Gasteiger partial charge in [0, 0.05) is 19.0 Å². The van der Waals surface area contributed by atoms with Crippen molar-refractivity contribution in [3.05, 3.63) is 0 Å². The summed E-state index contributed by atoms with van der Waals surface area (Å²) in [5.74, 6) is 1.11. The number of halogens is 3. The molecule has 1 fully saturated rings. The van der Waals surface area contributed by atoms with Crippen molar-refractivity contribution < 1.29 is 18.3 Å². The molecule has 0 saturated carbocycles. The molecular weight excluding hydrogens is 252 g/mol. The van der Waals surface area contributed by atoms with Gasteiger partial charge in [-0.3, -0.25) is 4.79 Å². The maximum Gasteiger partial charge on any atom is 0.261 e. The Hall–Kier alpha value is -0.420. The smallest absolute Gasteiger partial charge is 0.261 e. The highest BCUT2D eigenvalue weighted by Crippen LogP contribution is 2.18. The van der Waals surface area contributed by atoms with Gasteiger partial charge in [-0.05, 0) is 18.8 Å². The second-order valence-electron chi connectivity index (χ2n) is 4.19. The first-order valence-corrected chi connectivity index (χ1v) is 6.36. The number of alkyl halides is 3. The molecule has 0 bridgehead atoms. The number of hydrogen-bond donors (Lipinski definition) is 0. The van der Waals surface area contributed by atoms with Crippen molar-refractivity contribution in [1.29, 1.82) is 0 Å². The van der Waals surface area contributed by atoms with E-state index < -0.39 is 13.0 Å². The molecule has 100 valence electrons. The van der Waals surface area contributed by atoms with Crippen molar-refractivity contribution in [1.82, 2.24) is 4.90 Å². The summed E-state index contributed by atoms with van der Waals surface area (Å²) < 4.78 is 28.2. The van der Waals surface area contributed by atoms with Crippen LogP contribution in [0.1, 0.15) is 19.3 Å². The molecule has 0 aliphatic carbocycles. The largest absolute Gasteiger partial charge is 0.375 e. The summed E-state index contributed by atoms with van der Waals surface area (Å²) in [6.45, 7) is 0.899. The zero-order valence-corrected chi connectivity index (χ0v) is 10.5. The summed E-state index contributed by atoms with van der Waals surface area (Å²) >= 11 is 5.75. The summed E-state index contributed by atoms with van der Waals surface area (Å²) in [6.07, 6.45) is -0.442. The first-order chi connectivity index (χ1) is 8.13. The SMILES string of the molecule is O=C(CCOCC(F)F)N1CCC(CCl)CC1. The predicted octanol–water partition coefficient (Wildman–Crippen LogP) is 2.14. The Labute approximate surface area is 105 Å². The molecule has 1 aliphatic rings. The second kappa shape index (κ2) is 7.82. The van der Waals surface area contributed by atoms with Crippen LogP contribution in [0.2, 0.25) is 0 Å².